The highest BCUT2D eigenvalue weighted by Gasteiger charge is 2.18. The van der Waals surface area contributed by atoms with Gasteiger partial charge in [-0.25, -0.2) is 0 Å². The monoisotopic (exact) mass is 291 g/mol. The number of phenols is 1. The quantitative estimate of drug-likeness (QED) is 0.718. The molecule has 2 nitrogen and oxygen atoms in total. The summed E-state index contributed by atoms with van der Waals surface area (Å²) in [6, 6.07) is 18.1. The number of nitrogens with two attached hydrogens (primary N) is 1. The third kappa shape index (κ3) is 2.36. The van der Waals surface area contributed by atoms with Gasteiger partial charge in [0, 0.05) is 17.0 Å². The molecule has 0 aliphatic rings. The van der Waals surface area contributed by atoms with Crippen LogP contribution in [0.15, 0.2) is 54.6 Å². The minimum absolute atomic E-state index is 0.0916. The highest BCUT2D eigenvalue weighted by molar-refractivity contribution is 5.98. The van der Waals surface area contributed by atoms with E-state index in [0.717, 1.165) is 39.4 Å². The summed E-state index contributed by atoms with van der Waals surface area (Å²) in [6.45, 7) is 4.09. The molecule has 3 rings (SSSR count). The van der Waals surface area contributed by atoms with Crippen LogP contribution < -0.4 is 5.73 Å². The van der Waals surface area contributed by atoms with Crippen LogP contribution in [0.2, 0.25) is 0 Å². The Bertz CT molecular complexity index is 809. The van der Waals surface area contributed by atoms with Crippen molar-refractivity contribution in [2.24, 2.45) is 5.73 Å². The molecule has 0 fully saturated rings. The Balaban J connectivity index is 2.41. The van der Waals surface area contributed by atoms with Gasteiger partial charge in [-0.3, -0.25) is 0 Å². The van der Waals surface area contributed by atoms with Crippen molar-refractivity contribution < 1.29 is 5.11 Å². The van der Waals surface area contributed by atoms with E-state index in [9.17, 15) is 5.11 Å². The van der Waals surface area contributed by atoms with Gasteiger partial charge in [-0.1, -0.05) is 55.5 Å². The maximum absolute atomic E-state index is 11.0. The first kappa shape index (κ1) is 14.6. The first-order chi connectivity index (χ1) is 10.6. The molecule has 1 unspecified atom stereocenters. The summed E-state index contributed by atoms with van der Waals surface area (Å²) in [5.41, 5.74) is 10.3. The number of rotatable bonds is 3. The molecular weight excluding hydrogens is 270 g/mol. The largest absolute Gasteiger partial charge is 0.507 e. The number of phenolic OH excluding ortho intramolecular Hbond substituents is 1. The maximum atomic E-state index is 11.0. The molecule has 0 aliphatic heterocycles. The zero-order chi connectivity index (χ0) is 15.7. The lowest BCUT2D eigenvalue weighted by Crippen LogP contribution is -2.10. The summed E-state index contributed by atoms with van der Waals surface area (Å²) >= 11 is 0. The van der Waals surface area contributed by atoms with Crippen LogP contribution in [0.5, 0.6) is 5.75 Å². The summed E-state index contributed by atoms with van der Waals surface area (Å²) in [5, 5.41) is 12.9. The normalized spacial score (nSPS) is 12.5. The molecular formula is C20H21NO. The van der Waals surface area contributed by atoms with E-state index < -0.39 is 0 Å². The summed E-state index contributed by atoms with van der Waals surface area (Å²) in [7, 11) is 0. The molecule has 2 heteroatoms. The average molecular weight is 291 g/mol. The number of hydrogen-bond acceptors (Lipinski definition) is 2. The summed E-state index contributed by atoms with van der Waals surface area (Å²) in [4.78, 5) is 0. The van der Waals surface area contributed by atoms with E-state index in [1.807, 2.05) is 55.5 Å². The highest BCUT2D eigenvalue weighted by Crippen LogP contribution is 2.42. The predicted molar refractivity (Wildman–Crippen MR) is 93.0 cm³/mol. The van der Waals surface area contributed by atoms with E-state index in [-0.39, 0.29) is 6.04 Å². The lowest BCUT2D eigenvalue weighted by Gasteiger charge is -2.19. The van der Waals surface area contributed by atoms with Crippen molar-refractivity contribution in [3.05, 3.63) is 65.7 Å². The highest BCUT2D eigenvalue weighted by atomic mass is 16.3. The average Bonchev–Trinajstić information content (AvgIpc) is 2.54. The molecule has 0 saturated heterocycles. The Morgan fingerprint density at radius 3 is 2.45 bits per heavy atom. The zero-order valence-electron chi connectivity index (χ0n) is 13.0. The Morgan fingerprint density at radius 2 is 1.77 bits per heavy atom. The minimum atomic E-state index is -0.0916. The van der Waals surface area contributed by atoms with Crippen molar-refractivity contribution >= 4 is 10.8 Å². The molecule has 3 aromatic rings. The van der Waals surface area contributed by atoms with E-state index in [1.165, 1.54) is 0 Å². The molecule has 0 radical (unpaired) electrons. The summed E-state index contributed by atoms with van der Waals surface area (Å²) in [5.74, 6) is 0.334. The van der Waals surface area contributed by atoms with Crippen LogP contribution in [-0.4, -0.2) is 5.11 Å². The molecule has 22 heavy (non-hydrogen) atoms. The van der Waals surface area contributed by atoms with Crippen molar-refractivity contribution in [1.82, 2.24) is 0 Å². The van der Waals surface area contributed by atoms with E-state index in [0.29, 0.717) is 5.75 Å². The van der Waals surface area contributed by atoms with Crippen LogP contribution in [0.4, 0.5) is 0 Å². The van der Waals surface area contributed by atoms with Gasteiger partial charge in [0.25, 0.3) is 0 Å². The summed E-state index contributed by atoms with van der Waals surface area (Å²) in [6.07, 6.45) is 0.830. The van der Waals surface area contributed by atoms with Crippen molar-refractivity contribution in [3.63, 3.8) is 0 Å². The zero-order valence-corrected chi connectivity index (χ0v) is 13.0. The molecule has 0 bridgehead atoms. The first-order valence-corrected chi connectivity index (χ1v) is 7.69. The lowest BCUT2D eigenvalue weighted by atomic mass is 9.89. The molecule has 0 aliphatic carbocycles. The molecule has 0 amide bonds. The second kappa shape index (κ2) is 5.82. The minimum Gasteiger partial charge on any atom is -0.507 e. The lowest BCUT2D eigenvalue weighted by molar-refractivity contribution is 0.482. The molecule has 0 saturated carbocycles. The Kier molecular flexibility index (Phi) is 3.86. The van der Waals surface area contributed by atoms with E-state index >= 15 is 0 Å². The van der Waals surface area contributed by atoms with Gasteiger partial charge in [0.15, 0.2) is 0 Å². The molecule has 3 N–H and O–H groups in total. The van der Waals surface area contributed by atoms with Gasteiger partial charge in [0.1, 0.15) is 5.75 Å². The van der Waals surface area contributed by atoms with Gasteiger partial charge in [0.05, 0.1) is 0 Å². The Hall–Kier alpha value is -2.32. The van der Waals surface area contributed by atoms with Crippen LogP contribution in [0.3, 0.4) is 0 Å². The third-order valence-corrected chi connectivity index (χ3v) is 4.28. The third-order valence-electron chi connectivity index (χ3n) is 4.28. The van der Waals surface area contributed by atoms with Crippen LogP contribution in [0.1, 0.15) is 30.5 Å². The molecule has 0 spiro atoms. The number of aryl methyl sites for hydroxylation is 1. The fourth-order valence-electron chi connectivity index (χ4n) is 3.06. The van der Waals surface area contributed by atoms with Crippen molar-refractivity contribution in [1.29, 1.82) is 0 Å². The summed E-state index contributed by atoms with van der Waals surface area (Å²) < 4.78 is 0. The molecule has 3 aromatic carbocycles. The maximum Gasteiger partial charge on any atom is 0.131 e. The van der Waals surface area contributed by atoms with Crippen LogP contribution in [0, 0.1) is 6.92 Å². The molecule has 0 heterocycles. The van der Waals surface area contributed by atoms with Crippen LogP contribution in [-0.2, 0) is 0 Å². The van der Waals surface area contributed by atoms with E-state index in [4.69, 9.17) is 5.73 Å². The number of aromatic hydroxyl groups is 1. The van der Waals surface area contributed by atoms with Crippen LogP contribution >= 0.6 is 0 Å². The van der Waals surface area contributed by atoms with E-state index in [2.05, 4.69) is 13.0 Å². The van der Waals surface area contributed by atoms with E-state index in [1.54, 1.807) is 0 Å². The number of fused-ring (bicyclic) bond motifs is 1. The van der Waals surface area contributed by atoms with Gasteiger partial charge in [0.2, 0.25) is 0 Å². The predicted octanol–water partition coefficient (Wildman–Crippen LogP) is 4.93. The standard InChI is InChI=1S/C20H21NO/c1-3-17(21)16-12-15-11-7-8-13(2)18(15)20(22)19(16)14-9-5-4-6-10-14/h4-12,17,22H,3,21H2,1-2H3. The van der Waals surface area contributed by atoms with Crippen molar-refractivity contribution in [2.45, 2.75) is 26.3 Å². The molecule has 1 atom stereocenters. The van der Waals surface area contributed by atoms with Crippen LogP contribution in [0.25, 0.3) is 21.9 Å². The number of benzene rings is 3. The fourth-order valence-corrected chi connectivity index (χ4v) is 3.06. The van der Waals surface area contributed by atoms with Crippen molar-refractivity contribution in [2.75, 3.05) is 0 Å². The topological polar surface area (TPSA) is 46.2 Å². The first-order valence-electron chi connectivity index (χ1n) is 7.69. The van der Waals surface area contributed by atoms with Gasteiger partial charge < -0.3 is 10.8 Å². The second-order valence-electron chi connectivity index (χ2n) is 5.74. The van der Waals surface area contributed by atoms with Gasteiger partial charge in [-0.15, -0.1) is 0 Å². The SMILES string of the molecule is CCC(N)c1cc2cccc(C)c2c(O)c1-c1ccccc1. The molecule has 112 valence electrons. The van der Waals surface area contributed by atoms with Gasteiger partial charge >= 0.3 is 0 Å². The van der Waals surface area contributed by atoms with Gasteiger partial charge in [-0.2, -0.15) is 0 Å². The smallest absolute Gasteiger partial charge is 0.131 e. The van der Waals surface area contributed by atoms with Crippen molar-refractivity contribution in [3.8, 4) is 16.9 Å². The second-order valence-corrected chi connectivity index (χ2v) is 5.74. The Morgan fingerprint density at radius 1 is 1.05 bits per heavy atom. The number of hydrogen-bond donors (Lipinski definition) is 2. The Labute approximate surface area is 131 Å². The van der Waals surface area contributed by atoms with Gasteiger partial charge in [-0.05, 0) is 41.5 Å². The molecule has 0 aromatic heterocycles. The fraction of sp³-hybridized carbons (Fsp3) is 0.200.